The molecule has 2 heterocycles. The van der Waals surface area contributed by atoms with Gasteiger partial charge in [0.2, 0.25) is 0 Å². The lowest BCUT2D eigenvalue weighted by molar-refractivity contribution is 1.06. The van der Waals surface area contributed by atoms with Gasteiger partial charge in [0.25, 0.3) is 0 Å². The second-order valence-electron chi connectivity index (χ2n) is 4.21. The lowest BCUT2D eigenvalue weighted by Crippen LogP contribution is -2.03. The van der Waals surface area contributed by atoms with Gasteiger partial charge in [0.1, 0.15) is 11.8 Å². The van der Waals surface area contributed by atoms with Crippen molar-refractivity contribution in [3.05, 3.63) is 46.9 Å². The van der Waals surface area contributed by atoms with E-state index in [4.69, 9.17) is 11.6 Å². The van der Waals surface area contributed by atoms with Crippen molar-refractivity contribution in [2.45, 2.75) is 13.5 Å². The van der Waals surface area contributed by atoms with E-state index in [1.165, 1.54) is 6.33 Å². The first-order valence-corrected chi connectivity index (χ1v) is 6.26. The molecule has 0 aliphatic heterocycles. The summed E-state index contributed by atoms with van der Waals surface area (Å²) in [5.74, 6) is 0.703. The SMILES string of the molecule is Cc1[nH]nc2c(NCc3ccccc3Cl)ncnc12. The molecule has 6 heteroatoms. The Bertz CT molecular complexity index is 722. The lowest BCUT2D eigenvalue weighted by Gasteiger charge is -2.07. The summed E-state index contributed by atoms with van der Waals surface area (Å²) in [7, 11) is 0. The van der Waals surface area contributed by atoms with Gasteiger partial charge in [-0.05, 0) is 18.6 Å². The molecule has 3 aromatic rings. The van der Waals surface area contributed by atoms with Crippen LogP contribution in [0.5, 0.6) is 0 Å². The maximum atomic E-state index is 6.12. The van der Waals surface area contributed by atoms with Crippen molar-refractivity contribution in [3.8, 4) is 0 Å². The van der Waals surface area contributed by atoms with E-state index < -0.39 is 0 Å². The molecule has 0 aliphatic rings. The minimum Gasteiger partial charge on any atom is -0.364 e. The van der Waals surface area contributed by atoms with Crippen LogP contribution in [0.25, 0.3) is 11.0 Å². The summed E-state index contributed by atoms with van der Waals surface area (Å²) in [5, 5.41) is 11.1. The van der Waals surface area contributed by atoms with Crippen molar-refractivity contribution in [3.63, 3.8) is 0 Å². The van der Waals surface area contributed by atoms with Crippen molar-refractivity contribution >= 4 is 28.5 Å². The first-order chi connectivity index (χ1) is 9.25. The van der Waals surface area contributed by atoms with Gasteiger partial charge >= 0.3 is 0 Å². The number of benzene rings is 1. The summed E-state index contributed by atoms with van der Waals surface area (Å²) in [4.78, 5) is 8.42. The zero-order valence-corrected chi connectivity index (χ0v) is 11.1. The van der Waals surface area contributed by atoms with E-state index >= 15 is 0 Å². The molecule has 0 atom stereocenters. The Balaban J connectivity index is 1.88. The van der Waals surface area contributed by atoms with E-state index in [-0.39, 0.29) is 0 Å². The molecule has 0 radical (unpaired) electrons. The average Bonchev–Trinajstić information content (AvgIpc) is 2.81. The lowest BCUT2D eigenvalue weighted by atomic mass is 10.2. The van der Waals surface area contributed by atoms with Gasteiger partial charge in [-0.15, -0.1) is 0 Å². The predicted molar refractivity (Wildman–Crippen MR) is 75.2 cm³/mol. The largest absolute Gasteiger partial charge is 0.364 e. The highest BCUT2D eigenvalue weighted by Gasteiger charge is 2.09. The average molecular weight is 274 g/mol. The van der Waals surface area contributed by atoms with Crippen LogP contribution in [0, 0.1) is 6.92 Å². The molecule has 2 aromatic heterocycles. The maximum Gasteiger partial charge on any atom is 0.158 e. The topological polar surface area (TPSA) is 66.5 Å². The Morgan fingerprint density at radius 1 is 1.21 bits per heavy atom. The first kappa shape index (κ1) is 11.9. The number of hydrogen-bond acceptors (Lipinski definition) is 4. The quantitative estimate of drug-likeness (QED) is 0.770. The number of aromatic nitrogens is 4. The third kappa shape index (κ3) is 2.24. The van der Waals surface area contributed by atoms with Gasteiger partial charge in [-0.3, -0.25) is 5.10 Å². The van der Waals surface area contributed by atoms with Gasteiger partial charge in [-0.1, -0.05) is 29.8 Å². The van der Waals surface area contributed by atoms with E-state index in [0.717, 1.165) is 27.3 Å². The smallest absolute Gasteiger partial charge is 0.158 e. The number of rotatable bonds is 3. The molecule has 1 aromatic carbocycles. The van der Waals surface area contributed by atoms with Crippen molar-refractivity contribution in [1.29, 1.82) is 0 Å². The Morgan fingerprint density at radius 3 is 2.89 bits per heavy atom. The van der Waals surface area contributed by atoms with E-state index in [9.17, 15) is 0 Å². The summed E-state index contributed by atoms with van der Waals surface area (Å²) >= 11 is 6.12. The third-order valence-electron chi connectivity index (χ3n) is 2.92. The highest BCUT2D eigenvalue weighted by atomic mass is 35.5. The molecule has 19 heavy (non-hydrogen) atoms. The summed E-state index contributed by atoms with van der Waals surface area (Å²) in [6, 6.07) is 7.71. The van der Waals surface area contributed by atoms with Crippen molar-refractivity contribution in [2.75, 3.05) is 5.32 Å². The second-order valence-corrected chi connectivity index (χ2v) is 4.62. The van der Waals surface area contributed by atoms with Gasteiger partial charge in [0, 0.05) is 11.6 Å². The molecular formula is C13H12ClN5. The third-order valence-corrected chi connectivity index (χ3v) is 3.29. The van der Waals surface area contributed by atoms with Crippen molar-refractivity contribution in [2.24, 2.45) is 0 Å². The number of anilines is 1. The first-order valence-electron chi connectivity index (χ1n) is 5.88. The predicted octanol–water partition coefficient (Wildman–Crippen LogP) is 2.93. The molecule has 3 rings (SSSR count). The van der Waals surface area contributed by atoms with E-state index in [1.807, 2.05) is 31.2 Å². The zero-order chi connectivity index (χ0) is 13.2. The van der Waals surface area contributed by atoms with Gasteiger partial charge in [-0.25, -0.2) is 9.97 Å². The molecule has 0 bridgehead atoms. The Kier molecular flexibility index (Phi) is 3.05. The van der Waals surface area contributed by atoms with Crippen LogP contribution in [-0.4, -0.2) is 20.2 Å². The van der Waals surface area contributed by atoms with E-state index in [0.29, 0.717) is 12.4 Å². The minimum atomic E-state index is 0.595. The molecule has 0 spiro atoms. The zero-order valence-electron chi connectivity index (χ0n) is 10.3. The van der Waals surface area contributed by atoms with Gasteiger partial charge in [0.05, 0.1) is 5.69 Å². The van der Waals surface area contributed by atoms with Crippen molar-refractivity contribution < 1.29 is 0 Å². The van der Waals surface area contributed by atoms with Crippen LogP contribution in [0.4, 0.5) is 5.82 Å². The fraction of sp³-hybridized carbons (Fsp3) is 0.154. The van der Waals surface area contributed by atoms with Crippen LogP contribution in [0.2, 0.25) is 5.02 Å². The molecule has 0 saturated carbocycles. The summed E-state index contributed by atoms with van der Waals surface area (Å²) in [6.07, 6.45) is 1.53. The molecular weight excluding hydrogens is 262 g/mol. The molecule has 0 amide bonds. The van der Waals surface area contributed by atoms with Crippen LogP contribution < -0.4 is 5.32 Å². The Labute approximate surface area is 115 Å². The maximum absolute atomic E-state index is 6.12. The van der Waals surface area contributed by atoms with Crippen LogP contribution in [0.1, 0.15) is 11.3 Å². The fourth-order valence-electron chi connectivity index (χ4n) is 1.90. The number of hydrogen-bond donors (Lipinski definition) is 2. The molecule has 2 N–H and O–H groups in total. The summed E-state index contributed by atoms with van der Waals surface area (Å²) in [5.41, 5.74) is 3.52. The van der Waals surface area contributed by atoms with Crippen LogP contribution in [0.3, 0.4) is 0 Å². The van der Waals surface area contributed by atoms with Crippen LogP contribution in [-0.2, 0) is 6.54 Å². The number of nitrogens with one attached hydrogen (secondary N) is 2. The van der Waals surface area contributed by atoms with Gasteiger partial charge < -0.3 is 5.32 Å². The number of aromatic amines is 1. The standard InChI is InChI=1S/C13H12ClN5/c1-8-11-12(19-18-8)13(17-7-16-11)15-6-9-4-2-3-5-10(9)14/h2-5,7H,6H2,1H3,(H,18,19)(H,15,16,17). The number of aryl methyl sites for hydroxylation is 1. The van der Waals surface area contributed by atoms with Gasteiger partial charge in [0.15, 0.2) is 11.3 Å². The van der Waals surface area contributed by atoms with Crippen LogP contribution in [0.15, 0.2) is 30.6 Å². The molecule has 96 valence electrons. The fourth-order valence-corrected chi connectivity index (χ4v) is 2.10. The van der Waals surface area contributed by atoms with E-state index in [1.54, 1.807) is 0 Å². The Morgan fingerprint density at radius 2 is 2.05 bits per heavy atom. The number of halogens is 1. The van der Waals surface area contributed by atoms with Crippen molar-refractivity contribution in [1.82, 2.24) is 20.2 Å². The molecule has 0 aliphatic carbocycles. The molecule has 0 saturated heterocycles. The highest BCUT2D eigenvalue weighted by molar-refractivity contribution is 6.31. The molecule has 0 fully saturated rings. The van der Waals surface area contributed by atoms with E-state index in [2.05, 4.69) is 25.5 Å². The summed E-state index contributed by atoms with van der Waals surface area (Å²) < 4.78 is 0. The monoisotopic (exact) mass is 273 g/mol. The highest BCUT2D eigenvalue weighted by Crippen LogP contribution is 2.21. The Hall–Kier alpha value is -2.14. The minimum absolute atomic E-state index is 0.595. The number of fused-ring (bicyclic) bond motifs is 1. The normalized spacial score (nSPS) is 10.8. The molecule has 0 unspecified atom stereocenters. The number of H-pyrrole nitrogens is 1. The van der Waals surface area contributed by atoms with Gasteiger partial charge in [-0.2, -0.15) is 5.10 Å². The molecule has 5 nitrogen and oxygen atoms in total. The summed E-state index contributed by atoms with van der Waals surface area (Å²) in [6.45, 7) is 2.53. The number of nitrogens with zero attached hydrogens (tertiary/aromatic N) is 3. The van der Waals surface area contributed by atoms with Crippen LogP contribution >= 0.6 is 11.6 Å². The second kappa shape index (κ2) is 4.85.